The molecule has 0 spiro atoms. The van der Waals surface area contributed by atoms with Crippen molar-refractivity contribution >= 4 is 17.7 Å². The van der Waals surface area contributed by atoms with E-state index in [4.69, 9.17) is 4.74 Å². The standard InChI is InChI=1S/C18H13F3N4O2S/c19-12-6-5-11(7-14(12)21)8-24-17(26)10-28-18-23-22-16(25(18)24)9-27-15-4-2-1-3-13(15)20/h1-7H,8-10H2. The average molecular weight is 406 g/mol. The molecule has 2 aromatic carbocycles. The predicted molar refractivity (Wildman–Crippen MR) is 94.8 cm³/mol. The molecule has 1 aromatic heterocycles. The van der Waals surface area contributed by atoms with E-state index in [0.717, 1.165) is 12.1 Å². The van der Waals surface area contributed by atoms with Crippen molar-refractivity contribution in [3.05, 3.63) is 71.3 Å². The van der Waals surface area contributed by atoms with E-state index < -0.39 is 17.5 Å². The molecule has 1 aliphatic heterocycles. The van der Waals surface area contributed by atoms with Gasteiger partial charge in [0.1, 0.15) is 6.61 Å². The first-order valence-electron chi connectivity index (χ1n) is 8.22. The highest BCUT2D eigenvalue weighted by Gasteiger charge is 2.29. The smallest absolute Gasteiger partial charge is 0.252 e. The van der Waals surface area contributed by atoms with Gasteiger partial charge in [0.05, 0.1) is 12.3 Å². The van der Waals surface area contributed by atoms with Gasteiger partial charge in [-0.05, 0) is 29.8 Å². The molecule has 0 atom stereocenters. The minimum absolute atomic E-state index is 0.00562. The number of benzene rings is 2. The van der Waals surface area contributed by atoms with Gasteiger partial charge in [0.15, 0.2) is 29.0 Å². The number of carbonyl (C=O) groups excluding carboxylic acids is 1. The van der Waals surface area contributed by atoms with Crippen LogP contribution < -0.4 is 9.75 Å². The van der Waals surface area contributed by atoms with Crippen LogP contribution in [0.5, 0.6) is 5.75 Å². The van der Waals surface area contributed by atoms with E-state index in [9.17, 15) is 18.0 Å². The summed E-state index contributed by atoms with van der Waals surface area (Å²) in [5, 5.41) is 9.83. The third kappa shape index (κ3) is 3.55. The van der Waals surface area contributed by atoms with Crippen molar-refractivity contribution in [2.75, 3.05) is 10.8 Å². The summed E-state index contributed by atoms with van der Waals surface area (Å²) in [6.45, 7) is -0.135. The number of amides is 1. The van der Waals surface area contributed by atoms with Gasteiger partial charge in [-0.15, -0.1) is 10.2 Å². The maximum atomic E-state index is 13.8. The molecule has 0 fully saturated rings. The fraction of sp³-hybridized carbons (Fsp3) is 0.167. The highest BCUT2D eigenvalue weighted by Crippen LogP contribution is 2.25. The molecule has 3 aromatic rings. The van der Waals surface area contributed by atoms with Crippen molar-refractivity contribution in [2.45, 2.75) is 18.3 Å². The second-order valence-electron chi connectivity index (χ2n) is 5.92. The number of rotatable bonds is 5. The summed E-state index contributed by atoms with van der Waals surface area (Å²) in [6, 6.07) is 9.34. The van der Waals surface area contributed by atoms with Gasteiger partial charge in [0, 0.05) is 0 Å². The average Bonchev–Trinajstić information content (AvgIpc) is 3.09. The minimum Gasteiger partial charge on any atom is -0.482 e. The molecule has 0 radical (unpaired) electrons. The molecule has 10 heteroatoms. The zero-order valence-corrected chi connectivity index (χ0v) is 15.1. The van der Waals surface area contributed by atoms with Crippen LogP contribution in [0.4, 0.5) is 13.2 Å². The second kappa shape index (κ2) is 7.55. The van der Waals surface area contributed by atoms with Crippen LogP contribution in [0.25, 0.3) is 0 Å². The Morgan fingerprint density at radius 1 is 1.04 bits per heavy atom. The van der Waals surface area contributed by atoms with E-state index in [0.29, 0.717) is 10.7 Å². The van der Waals surface area contributed by atoms with Gasteiger partial charge in [0.2, 0.25) is 5.16 Å². The Balaban J connectivity index is 1.60. The van der Waals surface area contributed by atoms with Crippen molar-refractivity contribution in [2.24, 2.45) is 0 Å². The lowest BCUT2D eigenvalue weighted by molar-refractivity contribution is -0.118. The lowest BCUT2D eigenvalue weighted by Gasteiger charge is -2.29. The first-order valence-corrected chi connectivity index (χ1v) is 9.20. The molecular weight excluding hydrogens is 393 g/mol. The summed E-state index contributed by atoms with van der Waals surface area (Å²) in [4.78, 5) is 12.5. The van der Waals surface area contributed by atoms with Crippen molar-refractivity contribution in [1.29, 1.82) is 0 Å². The van der Waals surface area contributed by atoms with Gasteiger partial charge in [-0.3, -0.25) is 4.79 Å². The van der Waals surface area contributed by atoms with Crippen molar-refractivity contribution in [3.8, 4) is 5.75 Å². The van der Waals surface area contributed by atoms with E-state index in [1.165, 1.54) is 39.6 Å². The Hall–Kier alpha value is -3.01. The lowest BCUT2D eigenvalue weighted by Crippen LogP contribution is -2.45. The van der Waals surface area contributed by atoms with Crippen LogP contribution in [0.3, 0.4) is 0 Å². The van der Waals surface area contributed by atoms with E-state index in [1.807, 2.05) is 0 Å². The summed E-state index contributed by atoms with van der Waals surface area (Å²) in [6.07, 6.45) is 0. The Morgan fingerprint density at radius 3 is 2.64 bits per heavy atom. The van der Waals surface area contributed by atoms with Crippen molar-refractivity contribution < 1.29 is 22.7 Å². The lowest BCUT2D eigenvalue weighted by atomic mass is 10.2. The zero-order chi connectivity index (χ0) is 19.7. The minimum atomic E-state index is -0.997. The number of hydrogen-bond donors (Lipinski definition) is 0. The van der Waals surface area contributed by atoms with Gasteiger partial charge in [-0.2, -0.15) is 0 Å². The molecule has 0 N–H and O–H groups in total. The SMILES string of the molecule is O=C1CSc2nnc(COc3ccccc3F)n2N1Cc1ccc(F)c(F)c1. The molecule has 1 amide bonds. The molecule has 0 aliphatic carbocycles. The van der Waals surface area contributed by atoms with Crippen LogP contribution in [-0.2, 0) is 17.9 Å². The van der Waals surface area contributed by atoms with Gasteiger partial charge < -0.3 is 4.74 Å². The number of thioether (sulfide) groups is 1. The van der Waals surface area contributed by atoms with E-state index in [-0.39, 0.29) is 36.4 Å². The number of carbonyl (C=O) groups is 1. The number of hydrogen-bond acceptors (Lipinski definition) is 5. The number of ether oxygens (including phenoxy) is 1. The predicted octanol–water partition coefficient (Wildman–Crippen LogP) is 3.04. The van der Waals surface area contributed by atoms with Crippen LogP contribution in [0, 0.1) is 17.5 Å². The molecule has 28 heavy (non-hydrogen) atoms. The monoisotopic (exact) mass is 406 g/mol. The van der Waals surface area contributed by atoms with Crippen molar-refractivity contribution in [3.63, 3.8) is 0 Å². The Bertz CT molecular complexity index is 1040. The third-order valence-electron chi connectivity index (χ3n) is 4.04. The molecular formula is C18H13F3N4O2S. The van der Waals surface area contributed by atoms with Crippen molar-refractivity contribution in [1.82, 2.24) is 14.9 Å². The van der Waals surface area contributed by atoms with E-state index in [2.05, 4.69) is 10.2 Å². The fourth-order valence-corrected chi connectivity index (χ4v) is 3.53. The molecule has 6 nitrogen and oxygen atoms in total. The van der Waals surface area contributed by atoms with E-state index >= 15 is 0 Å². The molecule has 144 valence electrons. The third-order valence-corrected chi connectivity index (χ3v) is 4.94. The molecule has 1 aliphatic rings. The maximum absolute atomic E-state index is 13.8. The quantitative estimate of drug-likeness (QED) is 0.652. The Morgan fingerprint density at radius 2 is 1.86 bits per heavy atom. The summed E-state index contributed by atoms with van der Waals surface area (Å²) >= 11 is 1.20. The highest BCUT2D eigenvalue weighted by atomic mass is 32.2. The number of nitrogens with zero attached hydrogens (tertiary/aromatic N) is 4. The summed E-state index contributed by atoms with van der Waals surface area (Å²) in [5.74, 6) is -2.28. The van der Waals surface area contributed by atoms with Gasteiger partial charge >= 0.3 is 0 Å². The van der Waals surface area contributed by atoms with Crippen LogP contribution in [-0.4, -0.2) is 26.5 Å². The second-order valence-corrected chi connectivity index (χ2v) is 6.86. The largest absolute Gasteiger partial charge is 0.482 e. The highest BCUT2D eigenvalue weighted by molar-refractivity contribution is 7.99. The van der Waals surface area contributed by atoms with Crippen LogP contribution in [0.15, 0.2) is 47.6 Å². The molecule has 0 bridgehead atoms. The summed E-state index contributed by atoms with van der Waals surface area (Å²) in [7, 11) is 0. The first-order chi connectivity index (χ1) is 13.5. The maximum Gasteiger partial charge on any atom is 0.252 e. The molecule has 0 saturated heterocycles. The number of aromatic nitrogens is 3. The van der Waals surface area contributed by atoms with Crippen LogP contribution >= 0.6 is 11.8 Å². The van der Waals surface area contributed by atoms with Crippen LogP contribution in [0.1, 0.15) is 11.4 Å². The van der Waals surface area contributed by atoms with Crippen LogP contribution in [0.2, 0.25) is 0 Å². The molecule has 0 unspecified atom stereocenters. The Labute approximate surface area is 161 Å². The fourth-order valence-electron chi connectivity index (χ4n) is 2.70. The molecule has 2 heterocycles. The summed E-state index contributed by atoms with van der Waals surface area (Å²) in [5.41, 5.74) is 0.403. The van der Waals surface area contributed by atoms with E-state index in [1.54, 1.807) is 12.1 Å². The molecule has 0 saturated carbocycles. The Kier molecular flexibility index (Phi) is 4.95. The van der Waals surface area contributed by atoms with Gasteiger partial charge in [-0.25, -0.2) is 22.9 Å². The zero-order valence-electron chi connectivity index (χ0n) is 14.3. The molecule has 4 rings (SSSR count). The number of halogens is 3. The normalized spacial score (nSPS) is 13.5. The van der Waals surface area contributed by atoms with Gasteiger partial charge in [0.25, 0.3) is 5.91 Å². The number of para-hydroxylation sites is 1. The number of fused-ring (bicyclic) bond motifs is 1. The first kappa shape index (κ1) is 18.4. The topological polar surface area (TPSA) is 60.2 Å². The summed E-state index contributed by atoms with van der Waals surface area (Å²) < 4.78 is 47.4. The van der Waals surface area contributed by atoms with Gasteiger partial charge in [-0.1, -0.05) is 30.0 Å².